The molecule has 0 nitrogen and oxygen atoms in total. The number of hydrogen-bond donors (Lipinski definition) is 0. The van der Waals surface area contributed by atoms with E-state index >= 15 is 0 Å². The summed E-state index contributed by atoms with van der Waals surface area (Å²) >= 11 is 1.93. The van der Waals surface area contributed by atoms with Crippen molar-refractivity contribution >= 4 is 27.0 Å². The average molecular weight is 443 g/mol. The molecule has 1 atom stereocenters. The third-order valence-corrected chi connectivity index (χ3v) is 9.39. The van der Waals surface area contributed by atoms with E-state index in [2.05, 4.69) is 68.5 Å². The summed E-state index contributed by atoms with van der Waals surface area (Å²) < 4.78 is 1.41. The van der Waals surface area contributed by atoms with Gasteiger partial charge in [0.1, 0.15) is 0 Å². The third kappa shape index (κ3) is 4.74. The zero-order valence-corrected chi connectivity index (χ0v) is 20.7. The highest BCUT2D eigenvalue weighted by molar-refractivity contribution is 7.22. The summed E-state index contributed by atoms with van der Waals surface area (Å²) in [5.41, 5.74) is 5.80. The van der Waals surface area contributed by atoms with Crippen LogP contribution in [0.3, 0.4) is 0 Å². The Labute approximate surface area is 198 Å². The molecule has 32 heavy (non-hydrogen) atoms. The minimum atomic E-state index is 0.937. The summed E-state index contributed by atoms with van der Waals surface area (Å²) in [6.07, 6.45) is 16.4. The molecule has 0 aliphatic heterocycles. The molecule has 0 bridgehead atoms. The van der Waals surface area contributed by atoms with Crippen molar-refractivity contribution in [3.05, 3.63) is 65.7 Å². The van der Waals surface area contributed by atoms with Gasteiger partial charge in [-0.2, -0.15) is 0 Å². The molecule has 1 heteroatoms. The largest absolute Gasteiger partial charge is 0.135 e. The number of thiophene rings is 1. The molecule has 0 saturated heterocycles. The molecule has 5 rings (SSSR count). The highest BCUT2D eigenvalue weighted by Crippen LogP contribution is 2.42. The molecule has 1 saturated carbocycles. The van der Waals surface area contributed by atoms with Gasteiger partial charge in [-0.05, 0) is 96.1 Å². The molecule has 2 aromatic carbocycles. The topological polar surface area (TPSA) is 0 Å². The molecule has 3 aromatic rings. The van der Waals surface area contributed by atoms with E-state index < -0.39 is 0 Å². The van der Waals surface area contributed by atoms with Gasteiger partial charge in [0.2, 0.25) is 0 Å². The first kappa shape index (κ1) is 22.0. The van der Waals surface area contributed by atoms with E-state index in [0.29, 0.717) is 0 Å². The lowest BCUT2D eigenvalue weighted by Crippen LogP contribution is -2.23. The van der Waals surface area contributed by atoms with Crippen LogP contribution < -0.4 is 0 Å². The molecule has 0 radical (unpaired) electrons. The zero-order chi connectivity index (χ0) is 21.9. The van der Waals surface area contributed by atoms with Gasteiger partial charge >= 0.3 is 0 Å². The summed E-state index contributed by atoms with van der Waals surface area (Å²) in [6, 6.07) is 18.7. The van der Waals surface area contributed by atoms with Gasteiger partial charge in [0.25, 0.3) is 0 Å². The molecule has 2 aliphatic carbocycles. The van der Waals surface area contributed by atoms with E-state index in [1.807, 2.05) is 11.3 Å². The van der Waals surface area contributed by atoms with Crippen LogP contribution in [0.15, 0.2) is 54.6 Å². The van der Waals surface area contributed by atoms with Crippen LogP contribution in [0.5, 0.6) is 0 Å². The van der Waals surface area contributed by atoms with Crippen molar-refractivity contribution in [2.24, 2.45) is 17.8 Å². The van der Waals surface area contributed by atoms with E-state index in [4.69, 9.17) is 0 Å². The van der Waals surface area contributed by atoms with Crippen molar-refractivity contribution in [3.63, 3.8) is 0 Å². The number of fused-ring (bicyclic) bond motifs is 1. The first-order valence-corrected chi connectivity index (χ1v) is 13.9. The lowest BCUT2D eigenvalue weighted by atomic mass is 9.70. The van der Waals surface area contributed by atoms with Gasteiger partial charge in [0.15, 0.2) is 0 Å². The fourth-order valence-corrected chi connectivity index (χ4v) is 7.32. The van der Waals surface area contributed by atoms with Crippen LogP contribution >= 0.6 is 11.3 Å². The lowest BCUT2D eigenvalue weighted by molar-refractivity contribution is 0.189. The second kappa shape index (κ2) is 9.96. The quantitative estimate of drug-likeness (QED) is 0.356. The van der Waals surface area contributed by atoms with Crippen LogP contribution in [-0.4, -0.2) is 0 Å². The van der Waals surface area contributed by atoms with Gasteiger partial charge in [-0.1, -0.05) is 82.0 Å². The third-order valence-electron chi connectivity index (χ3n) is 8.24. The standard InChI is InChI=1S/C31H38S/c1-3-5-23-7-9-24(10-8-23)25-12-14-26(15-13-25)27-16-18-28(19-17-27)31-21-29-11-6-22(4-2)20-30(29)32-31/h6,11,14,16-21,23-25H,3-5,7-10,12-13,15H2,1-2H3. The summed E-state index contributed by atoms with van der Waals surface area (Å²) in [7, 11) is 0. The molecule has 0 amide bonds. The molecule has 0 spiro atoms. The molecule has 1 heterocycles. The fourth-order valence-electron chi connectivity index (χ4n) is 6.19. The number of benzene rings is 2. The van der Waals surface area contributed by atoms with Crippen LogP contribution in [0.25, 0.3) is 26.1 Å². The molecule has 1 fully saturated rings. The number of aryl methyl sites for hydroxylation is 1. The van der Waals surface area contributed by atoms with Crippen molar-refractivity contribution in [2.75, 3.05) is 0 Å². The van der Waals surface area contributed by atoms with Crippen LogP contribution in [0, 0.1) is 17.8 Å². The molecule has 1 unspecified atom stereocenters. The Kier molecular flexibility index (Phi) is 6.83. The van der Waals surface area contributed by atoms with Crippen molar-refractivity contribution < 1.29 is 0 Å². The molecular weight excluding hydrogens is 404 g/mol. The first-order valence-electron chi connectivity index (χ1n) is 13.1. The fraction of sp³-hybridized carbons (Fsp3) is 0.484. The van der Waals surface area contributed by atoms with Crippen LogP contribution in [-0.2, 0) is 6.42 Å². The normalized spacial score (nSPS) is 23.9. The van der Waals surface area contributed by atoms with Crippen molar-refractivity contribution in [3.8, 4) is 10.4 Å². The van der Waals surface area contributed by atoms with Gasteiger partial charge in [-0.25, -0.2) is 0 Å². The maximum absolute atomic E-state index is 2.58. The highest BCUT2D eigenvalue weighted by Gasteiger charge is 2.28. The monoisotopic (exact) mass is 442 g/mol. The minimum Gasteiger partial charge on any atom is -0.135 e. The van der Waals surface area contributed by atoms with Crippen molar-refractivity contribution in [2.45, 2.75) is 78.1 Å². The molecular formula is C31H38S. The summed E-state index contributed by atoms with van der Waals surface area (Å²) in [5.74, 6) is 2.95. The first-order chi connectivity index (χ1) is 15.7. The highest BCUT2D eigenvalue weighted by atomic mass is 32.1. The molecule has 1 aromatic heterocycles. The molecule has 0 N–H and O–H groups in total. The summed E-state index contributed by atoms with van der Waals surface area (Å²) in [6.45, 7) is 4.57. The van der Waals surface area contributed by atoms with Crippen molar-refractivity contribution in [1.82, 2.24) is 0 Å². The van der Waals surface area contributed by atoms with E-state index in [1.54, 1.807) is 5.57 Å². The Bertz CT molecular complexity index is 1060. The van der Waals surface area contributed by atoms with E-state index in [-0.39, 0.29) is 0 Å². The smallest absolute Gasteiger partial charge is 0.0355 e. The van der Waals surface area contributed by atoms with E-state index in [0.717, 1.165) is 24.2 Å². The number of rotatable bonds is 6. The predicted molar refractivity (Wildman–Crippen MR) is 142 cm³/mol. The Balaban J connectivity index is 1.23. The Morgan fingerprint density at radius 2 is 1.59 bits per heavy atom. The van der Waals surface area contributed by atoms with Gasteiger partial charge < -0.3 is 0 Å². The number of hydrogen-bond acceptors (Lipinski definition) is 1. The zero-order valence-electron chi connectivity index (χ0n) is 19.9. The molecule has 168 valence electrons. The van der Waals surface area contributed by atoms with E-state index in [1.165, 1.54) is 89.4 Å². The summed E-state index contributed by atoms with van der Waals surface area (Å²) in [5, 5.41) is 1.37. The van der Waals surface area contributed by atoms with Gasteiger partial charge in [0, 0.05) is 9.58 Å². The average Bonchev–Trinajstić information content (AvgIpc) is 3.28. The van der Waals surface area contributed by atoms with Gasteiger partial charge in [-0.3, -0.25) is 0 Å². The SMILES string of the molecule is CCCC1CCC(C2CC=C(c3ccc(-c4cc5ccc(CC)cc5s4)cc3)CC2)CC1. The van der Waals surface area contributed by atoms with Crippen LogP contribution in [0.1, 0.15) is 82.8 Å². The lowest BCUT2D eigenvalue weighted by Gasteiger charge is -2.35. The van der Waals surface area contributed by atoms with Gasteiger partial charge in [-0.15, -0.1) is 11.3 Å². The van der Waals surface area contributed by atoms with E-state index in [9.17, 15) is 0 Å². The molecule has 2 aliphatic rings. The number of allylic oxidation sites excluding steroid dienone is 2. The van der Waals surface area contributed by atoms with Crippen LogP contribution in [0.4, 0.5) is 0 Å². The van der Waals surface area contributed by atoms with Gasteiger partial charge in [0.05, 0.1) is 0 Å². The van der Waals surface area contributed by atoms with Crippen LogP contribution in [0.2, 0.25) is 0 Å². The minimum absolute atomic E-state index is 0.937. The second-order valence-electron chi connectivity index (χ2n) is 10.2. The second-order valence-corrected chi connectivity index (χ2v) is 11.3. The Morgan fingerprint density at radius 1 is 0.812 bits per heavy atom. The predicted octanol–water partition coefficient (Wildman–Crippen LogP) is 9.92. The maximum Gasteiger partial charge on any atom is 0.0355 e. The summed E-state index contributed by atoms with van der Waals surface area (Å²) in [4.78, 5) is 1.39. The van der Waals surface area contributed by atoms with Crippen molar-refractivity contribution in [1.29, 1.82) is 0 Å². The Hall–Kier alpha value is -1.86. The maximum atomic E-state index is 2.58. The Morgan fingerprint density at radius 3 is 2.28 bits per heavy atom.